The molecule has 8 heteroatoms. The first kappa shape index (κ1) is 18.6. The van der Waals surface area contributed by atoms with E-state index in [-0.39, 0.29) is 11.6 Å². The largest absolute Gasteiger partial charge is 0.358 e. The monoisotopic (exact) mass is 422 g/mol. The van der Waals surface area contributed by atoms with Crippen LogP contribution in [0.1, 0.15) is 21.7 Å². The molecule has 2 aromatic carbocycles. The Hall–Kier alpha value is -3.45. The molecule has 1 aliphatic rings. The summed E-state index contributed by atoms with van der Waals surface area (Å²) in [5, 5.41) is 5.87. The van der Waals surface area contributed by atoms with E-state index in [9.17, 15) is 14.0 Å². The molecule has 0 fully saturated rings. The van der Waals surface area contributed by atoms with Crippen molar-refractivity contribution in [1.82, 2.24) is 19.7 Å². The van der Waals surface area contributed by atoms with Crippen molar-refractivity contribution in [2.75, 3.05) is 6.54 Å². The van der Waals surface area contributed by atoms with Crippen LogP contribution in [-0.2, 0) is 13.0 Å². The van der Waals surface area contributed by atoms with Crippen molar-refractivity contribution >= 4 is 28.4 Å². The molecule has 3 heterocycles. The standard InChI is InChI=1S/C22H16ClFN4O2/c23-13-1-6-18-16(11-13)17-12-27(10-9-19(17)25-18)22(30)20-7-8-21(29)28(26-20)15-4-2-14(24)3-5-15/h1-8,11,25H,9-10,12H2. The number of nitrogens with zero attached hydrogens (tertiary/aromatic N) is 3. The minimum absolute atomic E-state index is 0.153. The quantitative estimate of drug-likeness (QED) is 0.535. The van der Waals surface area contributed by atoms with Crippen LogP contribution in [-0.4, -0.2) is 32.1 Å². The summed E-state index contributed by atoms with van der Waals surface area (Å²) < 4.78 is 14.3. The molecule has 150 valence electrons. The van der Waals surface area contributed by atoms with Gasteiger partial charge in [-0.2, -0.15) is 9.78 Å². The number of hydrogen-bond acceptors (Lipinski definition) is 3. The summed E-state index contributed by atoms with van der Waals surface area (Å²) in [5.74, 6) is -0.685. The maximum absolute atomic E-state index is 13.2. The van der Waals surface area contributed by atoms with Crippen LogP contribution in [0.5, 0.6) is 0 Å². The Bertz CT molecular complexity index is 1340. The molecule has 0 bridgehead atoms. The van der Waals surface area contributed by atoms with E-state index >= 15 is 0 Å². The molecule has 0 atom stereocenters. The maximum Gasteiger partial charge on any atom is 0.274 e. The number of H-pyrrole nitrogens is 1. The molecule has 1 amide bonds. The van der Waals surface area contributed by atoms with Crippen molar-refractivity contribution in [1.29, 1.82) is 0 Å². The van der Waals surface area contributed by atoms with Crippen molar-refractivity contribution in [2.24, 2.45) is 0 Å². The topological polar surface area (TPSA) is 71.0 Å². The highest BCUT2D eigenvalue weighted by Gasteiger charge is 2.26. The number of rotatable bonds is 2. The van der Waals surface area contributed by atoms with Crippen molar-refractivity contribution in [2.45, 2.75) is 13.0 Å². The van der Waals surface area contributed by atoms with Crippen LogP contribution in [0.2, 0.25) is 5.02 Å². The zero-order valence-electron chi connectivity index (χ0n) is 15.7. The lowest BCUT2D eigenvalue weighted by atomic mass is 10.0. The molecule has 6 nitrogen and oxygen atoms in total. The minimum atomic E-state index is -0.415. The third kappa shape index (κ3) is 3.17. The second-order valence-corrected chi connectivity index (χ2v) is 7.63. The summed E-state index contributed by atoms with van der Waals surface area (Å²) in [5.41, 5.74) is 3.27. The van der Waals surface area contributed by atoms with Crippen molar-refractivity contribution < 1.29 is 9.18 Å². The molecule has 0 saturated carbocycles. The summed E-state index contributed by atoms with van der Waals surface area (Å²) in [6.07, 6.45) is 0.685. The summed E-state index contributed by atoms with van der Waals surface area (Å²) in [6.45, 7) is 0.954. The van der Waals surface area contributed by atoms with Gasteiger partial charge in [-0.3, -0.25) is 9.59 Å². The van der Waals surface area contributed by atoms with Gasteiger partial charge in [0.25, 0.3) is 11.5 Å². The Labute approximate surface area is 175 Å². The maximum atomic E-state index is 13.2. The van der Waals surface area contributed by atoms with Gasteiger partial charge in [0, 0.05) is 52.8 Å². The molecule has 4 aromatic rings. The van der Waals surface area contributed by atoms with Gasteiger partial charge < -0.3 is 9.88 Å². The van der Waals surface area contributed by atoms with E-state index in [1.54, 1.807) is 4.90 Å². The molecule has 0 radical (unpaired) electrons. The number of hydrogen-bond donors (Lipinski definition) is 1. The number of carbonyl (C=O) groups excluding carboxylic acids is 1. The van der Waals surface area contributed by atoms with Crippen LogP contribution in [0.4, 0.5) is 4.39 Å². The van der Waals surface area contributed by atoms with E-state index in [1.807, 2.05) is 18.2 Å². The van der Waals surface area contributed by atoms with Gasteiger partial charge in [0.2, 0.25) is 0 Å². The lowest BCUT2D eigenvalue weighted by molar-refractivity contribution is 0.0727. The lowest BCUT2D eigenvalue weighted by Gasteiger charge is -2.27. The number of amides is 1. The van der Waals surface area contributed by atoms with Crippen LogP contribution in [0, 0.1) is 5.82 Å². The molecule has 5 rings (SSSR count). The average molecular weight is 423 g/mol. The van der Waals surface area contributed by atoms with Crippen molar-refractivity contribution in [3.05, 3.63) is 92.7 Å². The zero-order chi connectivity index (χ0) is 20.8. The molecule has 0 spiro atoms. The molecule has 0 saturated heterocycles. The molecular formula is C22H16ClFN4O2. The van der Waals surface area contributed by atoms with E-state index in [0.717, 1.165) is 26.8 Å². The fourth-order valence-corrected chi connectivity index (χ4v) is 3.99. The number of aromatic amines is 1. The van der Waals surface area contributed by atoms with E-state index in [2.05, 4.69) is 10.1 Å². The highest BCUT2D eigenvalue weighted by atomic mass is 35.5. The molecule has 1 N–H and O–H groups in total. The molecular weight excluding hydrogens is 407 g/mol. The average Bonchev–Trinajstić information content (AvgIpc) is 3.11. The molecule has 2 aromatic heterocycles. The summed E-state index contributed by atoms with van der Waals surface area (Å²) in [7, 11) is 0. The molecule has 30 heavy (non-hydrogen) atoms. The lowest BCUT2D eigenvalue weighted by Crippen LogP contribution is -2.37. The van der Waals surface area contributed by atoms with E-state index in [4.69, 9.17) is 11.6 Å². The first-order valence-electron chi connectivity index (χ1n) is 9.44. The van der Waals surface area contributed by atoms with Gasteiger partial charge >= 0.3 is 0 Å². The third-order valence-corrected chi connectivity index (χ3v) is 5.55. The van der Waals surface area contributed by atoms with Gasteiger partial charge in [-0.25, -0.2) is 4.39 Å². The second kappa shape index (κ2) is 7.11. The highest BCUT2D eigenvalue weighted by Crippen LogP contribution is 2.30. The van der Waals surface area contributed by atoms with Gasteiger partial charge in [-0.1, -0.05) is 11.6 Å². The Morgan fingerprint density at radius 1 is 1.10 bits per heavy atom. The van der Waals surface area contributed by atoms with Crippen LogP contribution in [0.25, 0.3) is 16.6 Å². The van der Waals surface area contributed by atoms with E-state index in [0.29, 0.717) is 30.2 Å². The van der Waals surface area contributed by atoms with Gasteiger partial charge in [0.1, 0.15) is 11.5 Å². The number of halogens is 2. The number of carbonyl (C=O) groups is 1. The molecule has 1 aliphatic heterocycles. The van der Waals surface area contributed by atoms with Crippen molar-refractivity contribution in [3.8, 4) is 5.69 Å². The van der Waals surface area contributed by atoms with Crippen LogP contribution in [0.15, 0.2) is 59.4 Å². The van der Waals surface area contributed by atoms with Crippen LogP contribution >= 0.6 is 11.6 Å². The van der Waals surface area contributed by atoms with E-state index in [1.165, 1.54) is 36.4 Å². The second-order valence-electron chi connectivity index (χ2n) is 7.19. The van der Waals surface area contributed by atoms with Crippen LogP contribution in [0.3, 0.4) is 0 Å². The normalized spacial score (nSPS) is 13.5. The first-order chi connectivity index (χ1) is 14.5. The first-order valence-corrected chi connectivity index (χ1v) is 9.82. The smallest absolute Gasteiger partial charge is 0.274 e. The predicted molar refractivity (Wildman–Crippen MR) is 112 cm³/mol. The zero-order valence-corrected chi connectivity index (χ0v) is 16.5. The fraction of sp³-hybridized carbons (Fsp3) is 0.136. The number of nitrogens with one attached hydrogen (secondary N) is 1. The third-order valence-electron chi connectivity index (χ3n) is 5.32. The Morgan fingerprint density at radius 2 is 1.90 bits per heavy atom. The summed E-state index contributed by atoms with van der Waals surface area (Å²) >= 11 is 6.15. The predicted octanol–water partition coefficient (Wildman–Crippen LogP) is 3.70. The SMILES string of the molecule is O=C(c1ccc(=O)n(-c2ccc(F)cc2)n1)N1CCc2[nH]c3ccc(Cl)cc3c2C1. The molecule has 0 unspecified atom stereocenters. The Morgan fingerprint density at radius 3 is 2.70 bits per heavy atom. The van der Waals surface area contributed by atoms with Gasteiger partial charge in [0.05, 0.1) is 5.69 Å². The number of aromatic nitrogens is 3. The number of fused-ring (bicyclic) bond motifs is 3. The minimum Gasteiger partial charge on any atom is -0.358 e. The van der Waals surface area contributed by atoms with Crippen molar-refractivity contribution in [3.63, 3.8) is 0 Å². The van der Waals surface area contributed by atoms with Crippen LogP contribution < -0.4 is 5.56 Å². The number of benzene rings is 2. The van der Waals surface area contributed by atoms with E-state index < -0.39 is 11.4 Å². The fourth-order valence-electron chi connectivity index (χ4n) is 3.81. The molecule has 0 aliphatic carbocycles. The summed E-state index contributed by atoms with van der Waals surface area (Å²) in [4.78, 5) is 30.5. The highest BCUT2D eigenvalue weighted by molar-refractivity contribution is 6.31. The Kier molecular flexibility index (Phi) is 4.40. The van der Waals surface area contributed by atoms with Gasteiger partial charge in [-0.15, -0.1) is 0 Å². The van der Waals surface area contributed by atoms with Gasteiger partial charge in [0.15, 0.2) is 0 Å². The Balaban J connectivity index is 1.48. The summed E-state index contributed by atoms with van der Waals surface area (Å²) in [6, 6.07) is 13.8. The van der Waals surface area contributed by atoms with Gasteiger partial charge in [-0.05, 0) is 48.5 Å².